The molecule has 2 N–H and O–H groups in total. The van der Waals surface area contributed by atoms with Gasteiger partial charge in [0.25, 0.3) is 0 Å². The van der Waals surface area contributed by atoms with Gasteiger partial charge in [-0.15, -0.1) is 0 Å². The molecule has 0 saturated carbocycles. The lowest BCUT2D eigenvalue weighted by molar-refractivity contribution is -0.120. The van der Waals surface area contributed by atoms with E-state index in [0.29, 0.717) is 5.82 Å². The second kappa shape index (κ2) is 4.87. The van der Waals surface area contributed by atoms with Crippen LogP contribution in [0.25, 0.3) is 11.0 Å². The topological polar surface area (TPSA) is 71.8 Å². The van der Waals surface area contributed by atoms with Crippen molar-refractivity contribution in [3.05, 3.63) is 18.6 Å². The molecular formula is C13H19N5O. The van der Waals surface area contributed by atoms with E-state index in [0.717, 1.165) is 11.0 Å². The second-order valence-electron chi connectivity index (χ2n) is 5.53. The Labute approximate surface area is 112 Å². The van der Waals surface area contributed by atoms with Crippen molar-refractivity contribution in [3.8, 4) is 0 Å². The molecule has 1 amide bonds. The maximum absolute atomic E-state index is 11.7. The minimum absolute atomic E-state index is 0.0674. The van der Waals surface area contributed by atoms with Gasteiger partial charge in [-0.3, -0.25) is 4.79 Å². The highest BCUT2D eigenvalue weighted by molar-refractivity contribution is 5.88. The van der Waals surface area contributed by atoms with Gasteiger partial charge in [0.1, 0.15) is 5.52 Å². The maximum Gasteiger partial charge on any atom is 0.239 e. The highest BCUT2D eigenvalue weighted by Gasteiger charge is 2.14. The SMILES string of the molecule is Cn1cnc2c(NCC(=O)NC(C)(C)C)nccc21. The standard InChI is InChI=1S/C13H19N5O/c1-13(2,3)17-10(19)7-15-12-11-9(5-6-14-12)18(4)8-16-11/h5-6,8H,7H2,1-4H3,(H,14,15)(H,17,19). The van der Waals surface area contributed by atoms with Crippen molar-refractivity contribution in [2.45, 2.75) is 26.3 Å². The number of aromatic nitrogens is 3. The summed E-state index contributed by atoms with van der Waals surface area (Å²) < 4.78 is 1.91. The van der Waals surface area contributed by atoms with Crippen molar-refractivity contribution in [1.29, 1.82) is 0 Å². The molecule has 0 aliphatic carbocycles. The Hall–Kier alpha value is -2.11. The largest absolute Gasteiger partial charge is 0.359 e. The van der Waals surface area contributed by atoms with Crippen LogP contribution in [0.2, 0.25) is 0 Å². The van der Waals surface area contributed by atoms with Gasteiger partial charge >= 0.3 is 0 Å². The zero-order chi connectivity index (χ0) is 14.0. The Morgan fingerprint density at radius 1 is 1.37 bits per heavy atom. The molecule has 19 heavy (non-hydrogen) atoms. The zero-order valence-corrected chi connectivity index (χ0v) is 11.7. The number of aryl methyl sites for hydroxylation is 1. The minimum Gasteiger partial charge on any atom is -0.359 e. The zero-order valence-electron chi connectivity index (χ0n) is 11.7. The Bertz CT molecular complexity index is 597. The molecule has 0 spiro atoms. The van der Waals surface area contributed by atoms with Crippen molar-refractivity contribution >= 4 is 22.8 Å². The monoisotopic (exact) mass is 261 g/mol. The third kappa shape index (κ3) is 3.21. The van der Waals surface area contributed by atoms with Gasteiger partial charge in [-0.2, -0.15) is 0 Å². The van der Waals surface area contributed by atoms with Crippen molar-refractivity contribution in [1.82, 2.24) is 19.9 Å². The molecule has 102 valence electrons. The number of amides is 1. The molecule has 0 aliphatic rings. The third-order valence-electron chi connectivity index (χ3n) is 2.57. The predicted molar refractivity (Wildman–Crippen MR) is 74.9 cm³/mol. The summed E-state index contributed by atoms with van der Waals surface area (Å²) in [6.07, 6.45) is 3.43. The Morgan fingerprint density at radius 2 is 2.11 bits per heavy atom. The van der Waals surface area contributed by atoms with Crippen LogP contribution in [0.1, 0.15) is 20.8 Å². The van der Waals surface area contributed by atoms with E-state index in [4.69, 9.17) is 0 Å². The summed E-state index contributed by atoms with van der Waals surface area (Å²) in [5.41, 5.74) is 1.52. The van der Waals surface area contributed by atoms with Crippen molar-refractivity contribution in [2.24, 2.45) is 7.05 Å². The van der Waals surface area contributed by atoms with Crippen molar-refractivity contribution in [3.63, 3.8) is 0 Å². The number of pyridine rings is 1. The van der Waals surface area contributed by atoms with Crippen LogP contribution in [0, 0.1) is 0 Å². The third-order valence-corrected chi connectivity index (χ3v) is 2.57. The summed E-state index contributed by atoms with van der Waals surface area (Å²) in [5.74, 6) is 0.560. The van der Waals surface area contributed by atoms with Crippen LogP contribution in [0.3, 0.4) is 0 Å². The van der Waals surface area contributed by atoms with E-state index in [1.807, 2.05) is 38.5 Å². The predicted octanol–water partition coefficient (Wildman–Crippen LogP) is 1.29. The van der Waals surface area contributed by atoms with Crippen LogP contribution >= 0.6 is 0 Å². The molecular weight excluding hydrogens is 242 g/mol. The fourth-order valence-electron chi connectivity index (χ4n) is 1.82. The first-order valence-corrected chi connectivity index (χ1v) is 6.18. The van der Waals surface area contributed by atoms with Gasteiger partial charge in [0.15, 0.2) is 5.82 Å². The van der Waals surface area contributed by atoms with Crippen LogP contribution < -0.4 is 10.6 Å². The smallest absolute Gasteiger partial charge is 0.239 e. The molecule has 0 atom stereocenters. The normalized spacial score (nSPS) is 11.6. The average Bonchev–Trinajstić information content (AvgIpc) is 2.67. The van der Waals surface area contributed by atoms with Gasteiger partial charge in [0, 0.05) is 18.8 Å². The van der Waals surface area contributed by atoms with E-state index < -0.39 is 0 Å². The first-order valence-electron chi connectivity index (χ1n) is 6.18. The fraction of sp³-hybridized carbons (Fsp3) is 0.462. The van der Waals surface area contributed by atoms with Crippen LogP contribution in [0.5, 0.6) is 0 Å². The molecule has 0 aliphatic heterocycles. The molecule has 0 aromatic carbocycles. The average molecular weight is 261 g/mol. The number of nitrogens with one attached hydrogen (secondary N) is 2. The Balaban J connectivity index is 2.08. The van der Waals surface area contributed by atoms with Crippen molar-refractivity contribution < 1.29 is 4.79 Å². The number of imidazole rings is 1. The van der Waals surface area contributed by atoms with Crippen LogP contribution in [0.4, 0.5) is 5.82 Å². The van der Waals surface area contributed by atoms with Gasteiger partial charge in [0.05, 0.1) is 18.4 Å². The van der Waals surface area contributed by atoms with Gasteiger partial charge in [0.2, 0.25) is 5.91 Å². The fourth-order valence-corrected chi connectivity index (χ4v) is 1.82. The maximum atomic E-state index is 11.7. The summed E-state index contributed by atoms with van der Waals surface area (Å²) in [7, 11) is 1.92. The number of carbonyl (C=O) groups excluding carboxylic acids is 1. The number of rotatable bonds is 3. The van der Waals surface area contributed by atoms with Crippen LogP contribution in [0.15, 0.2) is 18.6 Å². The minimum atomic E-state index is -0.233. The number of hydrogen-bond donors (Lipinski definition) is 2. The molecule has 0 saturated heterocycles. The lowest BCUT2D eigenvalue weighted by Gasteiger charge is -2.20. The van der Waals surface area contributed by atoms with E-state index in [-0.39, 0.29) is 18.0 Å². The molecule has 0 radical (unpaired) electrons. The number of nitrogens with zero attached hydrogens (tertiary/aromatic N) is 3. The molecule has 2 heterocycles. The molecule has 2 rings (SSSR count). The number of hydrogen-bond acceptors (Lipinski definition) is 4. The molecule has 6 heteroatoms. The van der Waals surface area contributed by atoms with Crippen molar-refractivity contribution in [2.75, 3.05) is 11.9 Å². The number of fused-ring (bicyclic) bond motifs is 1. The molecule has 2 aromatic rings. The lowest BCUT2D eigenvalue weighted by atomic mass is 10.1. The molecule has 6 nitrogen and oxygen atoms in total. The number of anilines is 1. The summed E-state index contributed by atoms with van der Waals surface area (Å²) in [6.45, 7) is 6.02. The Morgan fingerprint density at radius 3 is 2.79 bits per heavy atom. The van der Waals surface area contributed by atoms with E-state index in [2.05, 4.69) is 20.6 Å². The summed E-state index contributed by atoms with van der Waals surface area (Å²) in [6, 6.07) is 1.89. The number of carbonyl (C=O) groups is 1. The molecule has 0 bridgehead atoms. The van der Waals surface area contributed by atoms with E-state index in [1.165, 1.54) is 0 Å². The Kier molecular flexibility index (Phi) is 3.42. The van der Waals surface area contributed by atoms with E-state index in [1.54, 1.807) is 12.5 Å². The van der Waals surface area contributed by atoms with E-state index >= 15 is 0 Å². The van der Waals surface area contributed by atoms with Gasteiger partial charge in [-0.1, -0.05) is 0 Å². The quantitative estimate of drug-likeness (QED) is 0.873. The van der Waals surface area contributed by atoms with Gasteiger partial charge in [-0.25, -0.2) is 9.97 Å². The molecule has 0 unspecified atom stereocenters. The van der Waals surface area contributed by atoms with Crippen LogP contribution in [-0.4, -0.2) is 32.5 Å². The van der Waals surface area contributed by atoms with Gasteiger partial charge < -0.3 is 15.2 Å². The summed E-state index contributed by atoms with van der Waals surface area (Å²) in [4.78, 5) is 20.2. The first-order chi connectivity index (χ1) is 8.87. The molecule has 2 aromatic heterocycles. The highest BCUT2D eigenvalue weighted by atomic mass is 16.2. The van der Waals surface area contributed by atoms with Gasteiger partial charge in [-0.05, 0) is 26.8 Å². The molecule has 0 fully saturated rings. The summed E-state index contributed by atoms with van der Waals surface area (Å²) in [5, 5.41) is 5.91. The summed E-state index contributed by atoms with van der Waals surface area (Å²) >= 11 is 0. The second-order valence-corrected chi connectivity index (χ2v) is 5.53. The van der Waals surface area contributed by atoms with E-state index in [9.17, 15) is 4.79 Å². The van der Waals surface area contributed by atoms with Crippen LogP contribution in [-0.2, 0) is 11.8 Å². The first kappa shape index (κ1) is 13.3. The highest BCUT2D eigenvalue weighted by Crippen LogP contribution is 2.17. The lowest BCUT2D eigenvalue weighted by Crippen LogP contribution is -2.43.